The largest absolute Gasteiger partial charge is 0.454 e. The molecule has 1 unspecified atom stereocenters. The van der Waals surface area contributed by atoms with Gasteiger partial charge in [-0.1, -0.05) is 6.92 Å². The molecule has 0 saturated heterocycles. The average Bonchev–Trinajstić information content (AvgIpc) is 2.90. The van der Waals surface area contributed by atoms with Gasteiger partial charge in [-0.3, -0.25) is 0 Å². The van der Waals surface area contributed by atoms with Crippen molar-refractivity contribution in [2.24, 2.45) is 0 Å². The first kappa shape index (κ1) is 11.7. The van der Waals surface area contributed by atoms with E-state index in [4.69, 9.17) is 9.47 Å². The lowest BCUT2D eigenvalue weighted by Gasteiger charge is -2.26. The summed E-state index contributed by atoms with van der Waals surface area (Å²) >= 11 is 0. The molecule has 3 rings (SSSR count). The first-order valence-electron chi connectivity index (χ1n) is 6.41. The molecule has 2 aliphatic heterocycles. The Balaban J connectivity index is 1.91. The van der Waals surface area contributed by atoms with Crippen molar-refractivity contribution >= 4 is 5.69 Å². The van der Waals surface area contributed by atoms with Crippen LogP contribution >= 0.6 is 0 Å². The van der Waals surface area contributed by atoms with Crippen molar-refractivity contribution in [3.63, 3.8) is 0 Å². The molecule has 2 heterocycles. The Labute approximate surface area is 108 Å². The number of nitrogens with one attached hydrogen (secondary N) is 1. The second-order valence-electron chi connectivity index (χ2n) is 5.72. The molecule has 0 spiro atoms. The van der Waals surface area contributed by atoms with E-state index in [1.54, 1.807) is 0 Å². The van der Waals surface area contributed by atoms with Gasteiger partial charge in [-0.05, 0) is 38.7 Å². The Morgan fingerprint density at radius 3 is 2.72 bits per heavy atom. The number of rotatable bonds is 3. The molecular formula is C14H20N2O2. The molecule has 0 saturated carbocycles. The number of fused-ring (bicyclic) bond motifs is 2. The van der Waals surface area contributed by atoms with Crippen LogP contribution in [-0.4, -0.2) is 38.9 Å². The molecule has 1 aromatic carbocycles. The standard InChI is InChI=1S/C14H20N2O2/c1-14(4-5-16(2)3)8-15-11-7-13-12(6-10(11)14)17-9-18-13/h6-7,15H,4-5,8-9H2,1-3H3. The first-order chi connectivity index (χ1) is 8.58. The Bertz CT molecular complexity index is 473. The van der Waals surface area contributed by atoms with E-state index in [-0.39, 0.29) is 5.41 Å². The Hall–Kier alpha value is -1.42. The summed E-state index contributed by atoms with van der Waals surface area (Å²) in [5.74, 6) is 1.74. The van der Waals surface area contributed by atoms with Crippen LogP contribution in [0.1, 0.15) is 18.9 Å². The highest BCUT2D eigenvalue weighted by Crippen LogP contribution is 2.46. The maximum Gasteiger partial charge on any atom is 0.231 e. The monoisotopic (exact) mass is 248 g/mol. The average molecular weight is 248 g/mol. The minimum atomic E-state index is 0.181. The zero-order valence-electron chi connectivity index (χ0n) is 11.2. The molecule has 0 fully saturated rings. The SMILES string of the molecule is CN(C)CCC1(C)CNc2cc3c(cc21)OCO3. The fourth-order valence-corrected chi connectivity index (χ4v) is 2.67. The Kier molecular flexibility index (Phi) is 2.63. The second kappa shape index (κ2) is 4.05. The normalized spacial score (nSPS) is 24.2. The van der Waals surface area contributed by atoms with Crippen LogP contribution in [0.4, 0.5) is 5.69 Å². The maximum atomic E-state index is 5.48. The summed E-state index contributed by atoms with van der Waals surface area (Å²) in [5, 5.41) is 3.49. The van der Waals surface area contributed by atoms with Crippen molar-refractivity contribution in [1.29, 1.82) is 0 Å². The predicted octanol–water partition coefficient (Wildman–Crippen LogP) is 2.05. The van der Waals surface area contributed by atoms with Crippen molar-refractivity contribution in [3.8, 4) is 11.5 Å². The van der Waals surface area contributed by atoms with Crippen LogP contribution < -0.4 is 14.8 Å². The Morgan fingerprint density at radius 2 is 2.00 bits per heavy atom. The van der Waals surface area contributed by atoms with Gasteiger partial charge in [0.2, 0.25) is 6.79 Å². The van der Waals surface area contributed by atoms with Crippen molar-refractivity contribution < 1.29 is 9.47 Å². The summed E-state index contributed by atoms with van der Waals surface area (Å²) in [4.78, 5) is 2.23. The number of ether oxygens (including phenoxy) is 2. The minimum absolute atomic E-state index is 0.181. The molecule has 0 aromatic heterocycles. The molecule has 1 aromatic rings. The van der Waals surface area contributed by atoms with Crippen LogP contribution in [0.5, 0.6) is 11.5 Å². The van der Waals surface area contributed by atoms with Crippen molar-refractivity contribution in [3.05, 3.63) is 17.7 Å². The summed E-state index contributed by atoms with van der Waals surface area (Å²) < 4.78 is 10.9. The van der Waals surface area contributed by atoms with Crippen LogP contribution in [0.3, 0.4) is 0 Å². The lowest BCUT2D eigenvalue weighted by atomic mass is 9.81. The fourth-order valence-electron chi connectivity index (χ4n) is 2.67. The molecule has 1 N–H and O–H groups in total. The molecule has 18 heavy (non-hydrogen) atoms. The molecule has 4 heteroatoms. The van der Waals surface area contributed by atoms with Crippen molar-refractivity contribution in [1.82, 2.24) is 4.90 Å². The second-order valence-corrected chi connectivity index (χ2v) is 5.72. The number of anilines is 1. The molecule has 0 amide bonds. The van der Waals surface area contributed by atoms with Crippen LogP contribution in [0.25, 0.3) is 0 Å². The molecule has 1 atom stereocenters. The van der Waals surface area contributed by atoms with Gasteiger partial charge in [0.05, 0.1) is 0 Å². The van der Waals surface area contributed by atoms with Gasteiger partial charge in [0.15, 0.2) is 11.5 Å². The smallest absolute Gasteiger partial charge is 0.231 e. The highest BCUT2D eigenvalue weighted by atomic mass is 16.7. The van der Waals surface area contributed by atoms with Crippen molar-refractivity contribution in [2.75, 3.05) is 39.3 Å². The molecular weight excluding hydrogens is 228 g/mol. The van der Waals surface area contributed by atoms with E-state index in [2.05, 4.69) is 43.4 Å². The van der Waals surface area contributed by atoms with Gasteiger partial charge in [-0.15, -0.1) is 0 Å². The van der Waals surface area contributed by atoms with Gasteiger partial charge < -0.3 is 19.7 Å². The van der Waals surface area contributed by atoms with Crippen LogP contribution in [0, 0.1) is 0 Å². The van der Waals surface area contributed by atoms with Gasteiger partial charge in [-0.25, -0.2) is 0 Å². The summed E-state index contributed by atoms with van der Waals surface area (Å²) in [6.45, 7) is 4.73. The molecule has 2 aliphatic rings. The lowest BCUT2D eigenvalue weighted by Crippen LogP contribution is -2.29. The lowest BCUT2D eigenvalue weighted by molar-refractivity contribution is 0.174. The van der Waals surface area contributed by atoms with Gasteiger partial charge >= 0.3 is 0 Å². The van der Waals surface area contributed by atoms with E-state index in [0.29, 0.717) is 6.79 Å². The highest BCUT2D eigenvalue weighted by molar-refractivity contribution is 5.67. The van der Waals surface area contributed by atoms with Crippen LogP contribution in [0.15, 0.2) is 12.1 Å². The summed E-state index contributed by atoms with van der Waals surface area (Å²) in [6.07, 6.45) is 1.14. The van der Waals surface area contributed by atoms with Gasteiger partial charge in [0.25, 0.3) is 0 Å². The Morgan fingerprint density at radius 1 is 1.28 bits per heavy atom. The third-order valence-corrected chi connectivity index (χ3v) is 3.94. The third kappa shape index (κ3) is 1.81. The predicted molar refractivity (Wildman–Crippen MR) is 71.6 cm³/mol. The van der Waals surface area contributed by atoms with Crippen molar-refractivity contribution in [2.45, 2.75) is 18.8 Å². The van der Waals surface area contributed by atoms with Crippen LogP contribution in [0.2, 0.25) is 0 Å². The van der Waals surface area contributed by atoms with E-state index in [0.717, 1.165) is 31.0 Å². The number of benzene rings is 1. The molecule has 0 radical (unpaired) electrons. The zero-order chi connectivity index (χ0) is 12.8. The number of hydrogen-bond donors (Lipinski definition) is 1. The molecule has 0 bridgehead atoms. The van der Waals surface area contributed by atoms with Gasteiger partial charge in [0, 0.05) is 23.7 Å². The van der Waals surface area contributed by atoms with E-state index >= 15 is 0 Å². The topological polar surface area (TPSA) is 33.7 Å². The maximum absolute atomic E-state index is 5.48. The third-order valence-electron chi connectivity index (χ3n) is 3.94. The zero-order valence-corrected chi connectivity index (χ0v) is 11.2. The van der Waals surface area contributed by atoms with E-state index in [9.17, 15) is 0 Å². The van der Waals surface area contributed by atoms with E-state index in [1.807, 2.05) is 0 Å². The van der Waals surface area contributed by atoms with E-state index < -0.39 is 0 Å². The molecule has 98 valence electrons. The first-order valence-corrected chi connectivity index (χ1v) is 6.41. The van der Waals surface area contributed by atoms with Gasteiger partial charge in [-0.2, -0.15) is 0 Å². The van der Waals surface area contributed by atoms with E-state index in [1.165, 1.54) is 11.3 Å². The summed E-state index contributed by atoms with van der Waals surface area (Å²) in [7, 11) is 4.23. The quantitative estimate of drug-likeness (QED) is 0.887. The minimum Gasteiger partial charge on any atom is -0.454 e. The fraction of sp³-hybridized carbons (Fsp3) is 0.571. The van der Waals surface area contributed by atoms with Gasteiger partial charge in [0.1, 0.15) is 0 Å². The van der Waals surface area contributed by atoms with Crippen LogP contribution in [-0.2, 0) is 5.41 Å². The summed E-state index contributed by atoms with van der Waals surface area (Å²) in [6, 6.07) is 4.21. The highest BCUT2D eigenvalue weighted by Gasteiger charge is 2.36. The molecule has 4 nitrogen and oxygen atoms in total. The number of nitrogens with zero attached hydrogens (tertiary/aromatic N) is 1. The number of hydrogen-bond acceptors (Lipinski definition) is 4. The summed E-state index contributed by atoms with van der Waals surface area (Å²) in [5.41, 5.74) is 2.73. The molecule has 0 aliphatic carbocycles.